The second-order valence-corrected chi connectivity index (χ2v) is 5.57. The first-order chi connectivity index (χ1) is 8.49. The first-order valence-corrected chi connectivity index (χ1v) is 6.96. The van der Waals surface area contributed by atoms with Crippen molar-refractivity contribution in [1.82, 2.24) is 5.32 Å². The molecule has 5 heteroatoms. The molecule has 1 rings (SSSR count). The summed E-state index contributed by atoms with van der Waals surface area (Å²) in [4.78, 5) is 12.7. The number of carbonyl (C=O) groups excluding carboxylic acids is 1. The van der Waals surface area contributed by atoms with Gasteiger partial charge in [0.1, 0.15) is 5.54 Å². The number of nitrogens with one attached hydrogen (secondary N) is 1. The van der Waals surface area contributed by atoms with Crippen LogP contribution in [0.5, 0.6) is 0 Å². The maximum atomic E-state index is 11.7. The number of nitriles is 1. The Bertz CT molecular complexity index is 455. The molecule has 0 aliphatic carbocycles. The number of benzene rings is 1. The molecular weight excluding hydrogens is 268 g/mol. The number of hydrogen-bond donors (Lipinski definition) is 1. The lowest BCUT2D eigenvalue weighted by Gasteiger charge is -2.20. The number of nitrogens with zero attached hydrogens (tertiary/aromatic N) is 1. The Morgan fingerprint density at radius 2 is 2.11 bits per heavy atom. The lowest BCUT2D eigenvalue weighted by Crippen LogP contribution is -2.45. The third-order valence-corrected chi connectivity index (χ3v) is 3.82. The van der Waals surface area contributed by atoms with Crippen LogP contribution in [0.25, 0.3) is 0 Å². The Labute approximate surface area is 117 Å². The minimum absolute atomic E-state index is 0.138. The van der Waals surface area contributed by atoms with Crippen LogP contribution in [-0.2, 0) is 4.79 Å². The topological polar surface area (TPSA) is 52.9 Å². The molecule has 0 spiro atoms. The lowest BCUT2D eigenvalue weighted by molar-refractivity contribution is -0.119. The van der Waals surface area contributed by atoms with Crippen molar-refractivity contribution in [1.29, 1.82) is 5.26 Å². The van der Waals surface area contributed by atoms with Crippen molar-refractivity contribution in [2.45, 2.75) is 30.7 Å². The van der Waals surface area contributed by atoms with Crippen molar-refractivity contribution in [2.24, 2.45) is 0 Å². The average Bonchev–Trinajstić information content (AvgIpc) is 2.38. The summed E-state index contributed by atoms with van der Waals surface area (Å²) in [6.45, 7) is 3.59. The van der Waals surface area contributed by atoms with Crippen molar-refractivity contribution < 1.29 is 4.79 Å². The van der Waals surface area contributed by atoms with Crippen LogP contribution in [0.4, 0.5) is 0 Å². The summed E-state index contributed by atoms with van der Waals surface area (Å²) in [5, 5.41) is 12.4. The smallest absolute Gasteiger partial charge is 0.231 e. The van der Waals surface area contributed by atoms with Crippen molar-refractivity contribution in [2.75, 3.05) is 5.75 Å². The van der Waals surface area contributed by atoms with Gasteiger partial charge in [-0.1, -0.05) is 18.5 Å². The van der Waals surface area contributed by atoms with Crippen molar-refractivity contribution in [3.8, 4) is 6.07 Å². The fourth-order valence-electron chi connectivity index (χ4n) is 1.22. The summed E-state index contributed by atoms with van der Waals surface area (Å²) in [7, 11) is 0. The molecule has 0 saturated carbocycles. The first-order valence-electron chi connectivity index (χ1n) is 5.60. The van der Waals surface area contributed by atoms with Gasteiger partial charge in [0, 0.05) is 9.92 Å². The molecular formula is C13H15ClN2OS. The SMILES string of the molecule is CC[C@](C)(C#N)NC(=O)CSc1ccc(Cl)cc1. The van der Waals surface area contributed by atoms with Gasteiger partial charge in [0.15, 0.2) is 0 Å². The number of hydrogen-bond acceptors (Lipinski definition) is 3. The van der Waals surface area contributed by atoms with E-state index in [0.717, 1.165) is 4.90 Å². The zero-order chi connectivity index (χ0) is 13.6. The molecule has 96 valence electrons. The molecule has 0 aliphatic heterocycles. The second kappa shape index (κ2) is 6.67. The molecule has 0 radical (unpaired) electrons. The molecule has 0 fully saturated rings. The van der Waals surface area contributed by atoms with E-state index in [2.05, 4.69) is 11.4 Å². The summed E-state index contributed by atoms with van der Waals surface area (Å²) in [5.74, 6) is 0.152. The highest BCUT2D eigenvalue weighted by atomic mass is 35.5. The highest BCUT2D eigenvalue weighted by Gasteiger charge is 2.23. The van der Waals surface area contributed by atoms with Gasteiger partial charge in [0.25, 0.3) is 0 Å². The average molecular weight is 283 g/mol. The zero-order valence-electron chi connectivity index (χ0n) is 10.4. The van der Waals surface area contributed by atoms with Crippen LogP contribution < -0.4 is 5.32 Å². The minimum Gasteiger partial charge on any atom is -0.337 e. The van der Waals surface area contributed by atoms with E-state index in [1.54, 1.807) is 19.1 Å². The highest BCUT2D eigenvalue weighted by Crippen LogP contribution is 2.20. The van der Waals surface area contributed by atoms with E-state index in [1.807, 2.05) is 19.1 Å². The molecule has 0 heterocycles. The van der Waals surface area contributed by atoms with Crippen molar-refractivity contribution >= 4 is 29.3 Å². The van der Waals surface area contributed by atoms with Crippen LogP contribution in [0.1, 0.15) is 20.3 Å². The fraction of sp³-hybridized carbons (Fsp3) is 0.385. The number of rotatable bonds is 5. The molecule has 0 aliphatic rings. The van der Waals surface area contributed by atoms with E-state index in [4.69, 9.17) is 16.9 Å². The number of amides is 1. The second-order valence-electron chi connectivity index (χ2n) is 4.09. The van der Waals surface area contributed by atoms with Crippen LogP contribution in [0.15, 0.2) is 29.2 Å². The third kappa shape index (κ3) is 4.59. The fourth-order valence-corrected chi connectivity index (χ4v) is 2.04. The van der Waals surface area contributed by atoms with E-state index in [9.17, 15) is 4.79 Å². The summed E-state index contributed by atoms with van der Waals surface area (Å²) >= 11 is 7.19. The van der Waals surface area contributed by atoms with Gasteiger partial charge in [-0.2, -0.15) is 5.26 Å². The number of thioether (sulfide) groups is 1. The quantitative estimate of drug-likeness (QED) is 0.844. The molecule has 1 amide bonds. The first kappa shape index (κ1) is 14.9. The van der Waals surface area contributed by atoms with Crippen LogP contribution in [-0.4, -0.2) is 17.2 Å². The molecule has 1 N–H and O–H groups in total. The summed E-state index contributed by atoms with van der Waals surface area (Å²) in [6, 6.07) is 9.41. The Morgan fingerprint density at radius 1 is 1.50 bits per heavy atom. The Hall–Kier alpha value is -1.18. The molecule has 0 aromatic heterocycles. The third-order valence-electron chi connectivity index (χ3n) is 2.55. The van der Waals surface area contributed by atoms with Gasteiger partial charge < -0.3 is 5.32 Å². The van der Waals surface area contributed by atoms with Crippen LogP contribution in [0.3, 0.4) is 0 Å². The van der Waals surface area contributed by atoms with Gasteiger partial charge in [-0.15, -0.1) is 11.8 Å². The molecule has 18 heavy (non-hydrogen) atoms. The molecule has 1 atom stereocenters. The molecule has 0 bridgehead atoms. The summed E-state index contributed by atoms with van der Waals surface area (Å²) in [6.07, 6.45) is 0.584. The lowest BCUT2D eigenvalue weighted by atomic mass is 10.0. The largest absolute Gasteiger partial charge is 0.337 e. The monoisotopic (exact) mass is 282 g/mol. The van der Waals surface area contributed by atoms with E-state index in [-0.39, 0.29) is 5.91 Å². The van der Waals surface area contributed by atoms with Gasteiger partial charge in [0.2, 0.25) is 5.91 Å². The zero-order valence-corrected chi connectivity index (χ0v) is 11.9. The normalized spacial score (nSPS) is 13.4. The van der Waals surface area contributed by atoms with Gasteiger partial charge in [0.05, 0.1) is 11.8 Å². The predicted octanol–water partition coefficient (Wildman–Crippen LogP) is 3.24. The summed E-state index contributed by atoms with van der Waals surface area (Å²) < 4.78 is 0. The summed E-state index contributed by atoms with van der Waals surface area (Å²) in [5.41, 5.74) is -0.780. The van der Waals surface area contributed by atoms with Crippen molar-refractivity contribution in [3.05, 3.63) is 29.3 Å². The minimum atomic E-state index is -0.780. The van der Waals surface area contributed by atoms with E-state index >= 15 is 0 Å². The van der Waals surface area contributed by atoms with Gasteiger partial charge in [-0.25, -0.2) is 0 Å². The van der Waals surface area contributed by atoms with Crippen LogP contribution in [0, 0.1) is 11.3 Å². The highest BCUT2D eigenvalue weighted by molar-refractivity contribution is 8.00. The van der Waals surface area contributed by atoms with Crippen molar-refractivity contribution in [3.63, 3.8) is 0 Å². The van der Waals surface area contributed by atoms with Gasteiger partial charge in [-0.05, 0) is 37.6 Å². The van der Waals surface area contributed by atoms with Gasteiger partial charge in [-0.3, -0.25) is 4.79 Å². The van der Waals surface area contributed by atoms with Crippen LogP contribution in [0.2, 0.25) is 5.02 Å². The Kier molecular flexibility index (Phi) is 5.52. The molecule has 0 unspecified atom stereocenters. The molecule has 1 aromatic carbocycles. The van der Waals surface area contributed by atoms with Gasteiger partial charge >= 0.3 is 0 Å². The maximum Gasteiger partial charge on any atom is 0.231 e. The van der Waals surface area contributed by atoms with E-state index in [0.29, 0.717) is 17.2 Å². The predicted molar refractivity (Wildman–Crippen MR) is 74.6 cm³/mol. The molecule has 3 nitrogen and oxygen atoms in total. The number of carbonyl (C=O) groups is 1. The molecule has 1 aromatic rings. The molecule has 0 saturated heterocycles. The Balaban J connectivity index is 2.47. The maximum absolute atomic E-state index is 11.7. The van der Waals surface area contributed by atoms with Crippen LogP contribution >= 0.6 is 23.4 Å². The van der Waals surface area contributed by atoms with E-state index in [1.165, 1.54) is 11.8 Å². The number of halogens is 1. The standard InChI is InChI=1S/C13H15ClN2OS/c1-3-13(2,9-15)16-12(17)8-18-11-6-4-10(14)5-7-11/h4-7H,3,8H2,1-2H3,(H,16,17)/t13-/m1/s1. The Morgan fingerprint density at radius 3 is 2.61 bits per heavy atom. The van der Waals surface area contributed by atoms with E-state index < -0.39 is 5.54 Å².